The summed E-state index contributed by atoms with van der Waals surface area (Å²) in [7, 11) is 4.52. The van der Waals surface area contributed by atoms with E-state index in [1.807, 2.05) is 0 Å². The highest BCUT2D eigenvalue weighted by atomic mass is 19.4. The molecule has 0 saturated heterocycles. The number of hydrogen-bond donors (Lipinski definition) is 7. The number of aliphatic hydroxyl groups is 3. The topological polar surface area (TPSA) is 203 Å². The minimum Gasteiger partial charge on any atom is -0.510 e. The Morgan fingerprint density at radius 2 is 1.83 bits per heavy atom. The number of halogens is 3. The Balaban J connectivity index is 1.85. The van der Waals surface area contributed by atoms with Crippen LogP contribution in [0.4, 0.5) is 18.9 Å². The smallest absolute Gasteiger partial charge is 0.390 e. The van der Waals surface area contributed by atoms with Gasteiger partial charge in [-0.05, 0) is 44.5 Å². The van der Waals surface area contributed by atoms with Gasteiger partial charge in [-0.2, -0.15) is 13.2 Å². The van der Waals surface area contributed by atoms with Gasteiger partial charge < -0.3 is 36.5 Å². The number of phenolic OH excluding ortho intramolecular Hbond substituents is 1. The van der Waals surface area contributed by atoms with Gasteiger partial charge in [-0.1, -0.05) is 0 Å². The molecule has 224 valence electrons. The minimum atomic E-state index is -4.40. The van der Waals surface area contributed by atoms with Crippen molar-refractivity contribution in [3.8, 4) is 5.75 Å². The van der Waals surface area contributed by atoms with Gasteiger partial charge >= 0.3 is 6.18 Å². The number of ketones is 2. The maximum Gasteiger partial charge on any atom is 0.390 e. The quantitative estimate of drug-likeness (QED) is 0.102. The number of aromatic hydroxyl groups is 1. The number of anilines is 1. The van der Waals surface area contributed by atoms with Gasteiger partial charge in [0.2, 0.25) is 5.78 Å². The molecule has 12 nitrogen and oxygen atoms in total. The number of hydrogen-bond acceptors (Lipinski definition) is 11. The van der Waals surface area contributed by atoms with Crippen molar-refractivity contribution in [3.05, 3.63) is 45.4 Å². The molecule has 0 radical (unpaired) electrons. The van der Waals surface area contributed by atoms with Gasteiger partial charge in [-0.15, -0.1) is 0 Å². The lowest BCUT2D eigenvalue weighted by Gasteiger charge is -2.50. The fraction of sp³-hybridized carbons (Fsp3) is 0.500. The van der Waals surface area contributed by atoms with Crippen molar-refractivity contribution < 1.29 is 48.0 Å². The number of fused-ring (bicyclic) bond motifs is 3. The summed E-state index contributed by atoms with van der Waals surface area (Å²) in [6, 6.07) is 0.312. The van der Waals surface area contributed by atoms with Crippen molar-refractivity contribution in [2.45, 2.75) is 43.6 Å². The number of likely N-dealkylation sites (N-methyl/N-ethyl adjacent to an activating group) is 1. The largest absolute Gasteiger partial charge is 0.510 e. The van der Waals surface area contributed by atoms with Crippen LogP contribution >= 0.6 is 0 Å². The molecule has 15 heteroatoms. The van der Waals surface area contributed by atoms with Crippen LogP contribution in [0.15, 0.2) is 28.7 Å². The number of hydrazine groups is 1. The van der Waals surface area contributed by atoms with Crippen molar-refractivity contribution >= 4 is 23.2 Å². The summed E-state index contributed by atoms with van der Waals surface area (Å²) in [6.45, 7) is -0.708. The number of allylic oxidation sites excluding steroid dienone is 1. The second-order valence-corrected chi connectivity index (χ2v) is 10.9. The Morgan fingerprint density at radius 3 is 2.37 bits per heavy atom. The molecule has 0 bridgehead atoms. The van der Waals surface area contributed by atoms with Crippen molar-refractivity contribution in [2.75, 3.05) is 32.7 Å². The Labute approximate surface area is 232 Å². The van der Waals surface area contributed by atoms with Gasteiger partial charge in [0.15, 0.2) is 11.4 Å². The Morgan fingerprint density at radius 1 is 1.20 bits per heavy atom. The molecular weight excluding hydrogens is 551 g/mol. The Kier molecular flexibility index (Phi) is 7.62. The number of aliphatic hydroxyl groups excluding tert-OH is 2. The lowest BCUT2D eigenvalue weighted by molar-refractivity contribution is -0.148. The molecule has 0 fully saturated rings. The predicted molar refractivity (Wildman–Crippen MR) is 139 cm³/mol. The Hall–Kier alpha value is -3.66. The maximum atomic E-state index is 13.9. The molecule has 4 rings (SSSR count). The monoisotopic (exact) mass is 583 g/mol. The molecule has 0 saturated carbocycles. The third kappa shape index (κ3) is 4.81. The zero-order chi connectivity index (χ0) is 30.8. The van der Waals surface area contributed by atoms with Crippen LogP contribution in [-0.2, 0) is 22.6 Å². The fourth-order valence-corrected chi connectivity index (χ4v) is 6.26. The van der Waals surface area contributed by atoms with Gasteiger partial charge in [0.05, 0.1) is 23.7 Å². The zero-order valence-corrected chi connectivity index (χ0v) is 22.5. The number of benzene rings is 1. The minimum absolute atomic E-state index is 0.0146. The summed E-state index contributed by atoms with van der Waals surface area (Å²) in [5, 5.41) is 48.7. The molecule has 1 aromatic carbocycles. The molecule has 1 unspecified atom stereocenters. The fourth-order valence-electron chi connectivity index (χ4n) is 6.26. The predicted octanol–water partition coefficient (Wildman–Crippen LogP) is 0.473. The van der Waals surface area contributed by atoms with E-state index in [1.165, 1.54) is 37.1 Å². The number of carbonyl (C=O) groups excluding carboxylic acids is 3. The standard InChI is InChI=1S/C26H32F3N5O7/c1-33(2)18-13-7-10-6-12-14(34(3)31)8-11(9-32-5-4-25(27,28)29)19(35)16(12)20(36)15(10)22(38)26(13,41)23(39)17(21(18)37)24(30)40/h8,10,13,18,32,35,37-38,41H,4-7,9,31H2,1-3H3,(H2,30,40)/t10?,13-,18-,26-/m0/s1. The van der Waals surface area contributed by atoms with Crippen LogP contribution in [0.3, 0.4) is 0 Å². The zero-order valence-electron chi connectivity index (χ0n) is 22.5. The molecule has 0 aromatic heterocycles. The van der Waals surface area contributed by atoms with Crippen LogP contribution in [0.1, 0.15) is 34.3 Å². The number of primary amides is 1. The number of nitrogens with one attached hydrogen (secondary N) is 1. The molecular formula is C26H32F3N5O7. The van der Waals surface area contributed by atoms with Crippen LogP contribution in [-0.4, -0.2) is 88.3 Å². The first-order valence-corrected chi connectivity index (χ1v) is 12.7. The lowest BCUT2D eigenvalue weighted by Crippen LogP contribution is -2.63. The van der Waals surface area contributed by atoms with E-state index in [-0.39, 0.29) is 36.1 Å². The summed E-state index contributed by atoms with van der Waals surface area (Å²) in [5.41, 5.74) is 1.63. The van der Waals surface area contributed by atoms with Crippen molar-refractivity contribution in [1.82, 2.24) is 10.2 Å². The summed E-state index contributed by atoms with van der Waals surface area (Å²) in [5.74, 6) is -1.83. The normalized spacial score (nSPS) is 26.2. The van der Waals surface area contributed by atoms with Crippen molar-refractivity contribution in [3.63, 3.8) is 0 Å². The number of alkyl halides is 3. The highest BCUT2D eigenvalue weighted by Gasteiger charge is 2.63. The summed E-state index contributed by atoms with van der Waals surface area (Å²) >= 11 is 0. The molecule has 3 aliphatic carbocycles. The molecule has 3 aliphatic rings. The third-order valence-electron chi connectivity index (χ3n) is 8.06. The van der Waals surface area contributed by atoms with E-state index in [0.29, 0.717) is 11.3 Å². The van der Waals surface area contributed by atoms with E-state index in [4.69, 9.17) is 11.6 Å². The van der Waals surface area contributed by atoms with E-state index in [9.17, 15) is 48.0 Å². The highest BCUT2D eigenvalue weighted by molar-refractivity contribution is 6.24. The molecule has 0 spiro atoms. The first-order valence-electron chi connectivity index (χ1n) is 12.7. The summed E-state index contributed by atoms with van der Waals surface area (Å²) in [4.78, 5) is 40.8. The van der Waals surface area contributed by atoms with E-state index in [1.54, 1.807) is 0 Å². The van der Waals surface area contributed by atoms with Crippen LogP contribution in [0.5, 0.6) is 5.75 Å². The Bertz CT molecular complexity index is 1390. The van der Waals surface area contributed by atoms with E-state index in [0.717, 1.165) is 0 Å². The van der Waals surface area contributed by atoms with Crippen LogP contribution in [0.2, 0.25) is 0 Å². The second-order valence-electron chi connectivity index (χ2n) is 10.9. The molecule has 9 N–H and O–H groups in total. The second kappa shape index (κ2) is 10.3. The molecule has 1 aromatic rings. The lowest BCUT2D eigenvalue weighted by atomic mass is 9.58. The molecule has 0 aliphatic heterocycles. The van der Waals surface area contributed by atoms with Crippen LogP contribution in [0, 0.1) is 11.8 Å². The van der Waals surface area contributed by atoms with E-state index < -0.39 is 82.9 Å². The number of amides is 1. The van der Waals surface area contributed by atoms with E-state index in [2.05, 4.69) is 5.32 Å². The number of carbonyl (C=O) groups is 3. The first kappa shape index (κ1) is 30.3. The van der Waals surface area contributed by atoms with Crippen LogP contribution < -0.4 is 21.9 Å². The van der Waals surface area contributed by atoms with E-state index >= 15 is 0 Å². The molecule has 1 amide bonds. The van der Waals surface area contributed by atoms with Crippen molar-refractivity contribution in [1.29, 1.82) is 0 Å². The molecule has 4 atom stereocenters. The van der Waals surface area contributed by atoms with Gasteiger partial charge in [0.25, 0.3) is 5.91 Å². The molecule has 41 heavy (non-hydrogen) atoms. The number of rotatable bonds is 7. The number of phenols is 1. The number of nitrogens with zero attached hydrogens (tertiary/aromatic N) is 2. The van der Waals surface area contributed by atoms with Crippen molar-refractivity contribution in [2.24, 2.45) is 23.4 Å². The van der Waals surface area contributed by atoms with Gasteiger partial charge in [0, 0.05) is 37.2 Å². The highest BCUT2D eigenvalue weighted by Crippen LogP contribution is 2.53. The molecule has 0 heterocycles. The first-order chi connectivity index (χ1) is 18.9. The maximum absolute atomic E-state index is 13.9. The summed E-state index contributed by atoms with van der Waals surface area (Å²) in [6.07, 6.45) is -5.60. The SMILES string of the molecule is CN(N)c1cc(CNCCC(F)(F)F)c(O)c2c1CC1C[C@H]3[C@H](N(C)C)C(O)=C(C(N)=O)C(=O)[C@@]3(O)C(O)=C1C2=O. The number of Topliss-reactive ketones (excluding diaryl/α,β-unsaturated/α-hetero) is 2. The van der Waals surface area contributed by atoms with Gasteiger partial charge in [-0.25, -0.2) is 5.84 Å². The average Bonchev–Trinajstić information content (AvgIpc) is 2.83. The van der Waals surface area contributed by atoms with Gasteiger partial charge in [-0.3, -0.25) is 19.3 Å². The van der Waals surface area contributed by atoms with Crippen LogP contribution in [0.25, 0.3) is 0 Å². The third-order valence-corrected chi connectivity index (χ3v) is 8.06. The number of nitrogens with two attached hydrogens (primary N) is 2. The van der Waals surface area contributed by atoms with Gasteiger partial charge in [0.1, 0.15) is 22.8 Å². The average molecular weight is 584 g/mol. The summed E-state index contributed by atoms with van der Waals surface area (Å²) < 4.78 is 37.7.